The highest BCUT2D eigenvalue weighted by Crippen LogP contribution is 2.25. The van der Waals surface area contributed by atoms with Gasteiger partial charge in [-0.3, -0.25) is 0 Å². The molecule has 4 nitrogen and oxygen atoms in total. The molecular formula is C21H26N2O2. The zero-order valence-electron chi connectivity index (χ0n) is 14.7. The van der Waals surface area contributed by atoms with E-state index >= 15 is 0 Å². The number of phenols is 1. The van der Waals surface area contributed by atoms with Crippen molar-refractivity contribution in [3.63, 3.8) is 0 Å². The summed E-state index contributed by atoms with van der Waals surface area (Å²) in [5.74, 6) is 0.247. The number of rotatable bonds is 4. The SMILES string of the molecule is Cc1ccc(NC(=O)N(Cc2ccc(O)cc2)C2CCCCC2)cc1. The van der Waals surface area contributed by atoms with Crippen LogP contribution in [0.1, 0.15) is 43.2 Å². The van der Waals surface area contributed by atoms with Gasteiger partial charge in [-0.25, -0.2) is 4.79 Å². The second-order valence-corrected chi connectivity index (χ2v) is 6.88. The van der Waals surface area contributed by atoms with E-state index in [-0.39, 0.29) is 17.8 Å². The molecule has 0 atom stereocenters. The molecule has 2 N–H and O–H groups in total. The van der Waals surface area contributed by atoms with Crippen molar-refractivity contribution in [1.82, 2.24) is 4.90 Å². The molecule has 0 aliphatic heterocycles. The Kier molecular flexibility index (Phi) is 5.59. The standard InChI is InChI=1S/C21H26N2O2/c1-16-7-11-18(12-8-16)22-21(25)23(19-5-3-2-4-6-19)15-17-9-13-20(24)14-10-17/h7-14,19,24H,2-6,15H2,1H3,(H,22,25). The molecule has 3 rings (SSSR count). The zero-order chi connectivity index (χ0) is 17.6. The Morgan fingerprint density at radius 3 is 2.32 bits per heavy atom. The molecule has 0 bridgehead atoms. The molecule has 4 heteroatoms. The minimum absolute atomic E-state index is 0.0520. The number of carbonyl (C=O) groups excluding carboxylic acids is 1. The summed E-state index contributed by atoms with van der Waals surface area (Å²) in [5.41, 5.74) is 3.02. The van der Waals surface area contributed by atoms with Gasteiger partial charge in [-0.15, -0.1) is 0 Å². The van der Waals surface area contributed by atoms with Gasteiger partial charge in [-0.05, 0) is 49.6 Å². The van der Waals surface area contributed by atoms with Crippen LogP contribution in [-0.2, 0) is 6.54 Å². The van der Waals surface area contributed by atoms with Crippen molar-refractivity contribution in [1.29, 1.82) is 0 Å². The summed E-state index contributed by atoms with van der Waals surface area (Å²) in [6.45, 7) is 2.59. The summed E-state index contributed by atoms with van der Waals surface area (Å²) in [7, 11) is 0. The molecule has 0 saturated heterocycles. The predicted octanol–water partition coefficient (Wildman–Crippen LogP) is 5.07. The minimum Gasteiger partial charge on any atom is -0.508 e. The fraction of sp³-hybridized carbons (Fsp3) is 0.381. The van der Waals surface area contributed by atoms with Crippen molar-refractivity contribution in [2.24, 2.45) is 0 Å². The van der Waals surface area contributed by atoms with Gasteiger partial charge in [0.15, 0.2) is 0 Å². The van der Waals surface area contributed by atoms with Crippen LogP contribution in [0.25, 0.3) is 0 Å². The fourth-order valence-electron chi connectivity index (χ4n) is 3.39. The maximum atomic E-state index is 12.9. The van der Waals surface area contributed by atoms with Gasteiger partial charge in [0.25, 0.3) is 0 Å². The number of hydrogen-bond donors (Lipinski definition) is 2. The third-order valence-corrected chi connectivity index (χ3v) is 4.87. The predicted molar refractivity (Wildman–Crippen MR) is 101 cm³/mol. The molecule has 0 radical (unpaired) electrons. The summed E-state index contributed by atoms with van der Waals surface area (Å²) < 4.78 is 0. The average Bonchev–Trinajstić information content (AvgIpc) is 2.64. The Bertz CT molecular complexity index is 689. The summed E-state index contributed by atoms with van der Waals surface area (Å²) in [6, 6.07) is 15.2. The van der Waals surface area contributed by atoms with Gasteiger partial charge in [0, 0.05) is 18.3 Å². The number of carbonyl (C=O) groups is 1. The summed E-state index contributed by atoms with van der Waals surface area (Å²) in [6.07, 6.45) is 5.71. The monoisotopic (exact) mass is 338 g/mol. The number of aryl methyl sites for hydroxylation is 1. The molecular weight excluding hydrogens is 312 g/mol. The van der Waals surface area contributed by atoms with Crippen molar-refractivity contribution in [3.8, 4) is 5.75 Å². The molecule has 1 aliphatic carbocycles. The van der Waals surface area contributed by atoms with Gasteiger partial charge in [-0.2, -0.15) is 0 Å². The lowest BCUT2D eigenvalue weighted by Gasteiger charge is -2.34. The number of benzene rings is 2. The highest BCUT2D eigenvalue weighted by atomic mass is 16.3. The molecule has 25 heavy (non-hydrogen) atoms. The lowest BCUT2D eigenvalue weighted by atomic mass is 9.94. The Morgan fingerprint density at radius 1 is 1.04 bits per heavy atom. The van der Waals surface area contributed by atoms with E-state index in [0.29, 0.717) is 6.54 Å². The first-order valence-corrected chi connectivity index (χ1v) is 9.04. The average molecular weight is 338 g/mol. The summed E-state index contributed by atoms with van der Waals surface area (Å²) >= 11 is 0. The smallest absolute Gasteiger partial charge is 0.322 e. The Labute approximate surface area is 149 Å². The van der Waals surface area contributed by atoms with E-state index in [2.05, 4.69) is 5.32 Å². The van der Waals surface area contributed by atoms with E-state index < -0.39 is 0 Å². The number of urea groups is 1. The lowest BCUT2D eigenvalue weighted by Crippen LogP contribution is -2.43. The molecule has 0 spiro atoms. The molecule has 0 heterocycles. The minimum atomic E-state index is -0.0520. The first-order valence-electron chi connectivity index (χ1n) is 9.04. The zero-order valence-corrected chi connectivity index (χ0v) is 14.7. The van der Waals surface area contributed by atoms with Crippen LogP contribution >= 0.6 is 0 Å². The van der Waals surface area contributed by atoms with Crippen LogP contribution in [0.2, 0.25) is 0 Å². The van der Waals surface area contributed by atoms with Crippen LogP contribution < -0.4 is 5.32 Å². The maximum Gasteiger partial charge on any atom is 0.322 e. The van der Waals surface area contributed by atoms with E-state index in [1.807, 2.05) is 48.2 Å². The molecule has 1 fully saturated rings. The van der Waals surface area contributed by atoms with Crippen LogP contribution in [0.15, 0.2) is 48.5 Å². The van der Waals surface area contributed by atoms with Crippen LogP contribution in [0, 0.1) is 6.92 Å². The largest absolute Gasteiger partial charge is 0.508 e. The van der Waals surface area contributed by atoms with Crippen molar-refractivity contribution in [2.45, 2.75) is 51.6 Å². The second kappa shape index (κ2) is 8.06. The van der Waals surface area contributed by atoms with E-state index in [1.54, 1.807) is 12.1 Å². The molecule has 2 amide bonds. The van der Waals surface area contributed by atoms with Crippen molar-refractivity contribution >= 4 is 11.7 Å². The number of aromatic hydroxyl groups is 1. The highest BCUT2D eigenvalue weighted by Gasteiger charge is 2.25. The van der Waals surface area contributed by atoms with Gasteiger partial charge in [0.2, 0.25) is 0 Å². The Balaban J connectivity index is 1.75. The quantitative estimate of drug-likeness (QED) is 0.818. The van der Waals surface area contributed by atoms with Gasteiger partial charge < -0.3 is 15.3 Å². The van der Waals surface area contributed by atoms with Gasteiger partial charge in [-0.1, -0.05) is 49.1 Å². The number of nitrogens with one attached hydrogen (secondary N) is 1. The Hall–Kier alpha value is -2.49. The molecule has 2 aromatic rings. The summed E-state index contributed by atoms with van der Waals surface area (Å²) in [4.78, 5) is 14.9. The topological polar surface area (TPSA) is 52.6 Å². The molecule has 132 valence electrons. The normalized spacial score (nSPS) is 14.9. The molecule has 1 aliphatic rings. The van der Waals surface area contributed by atoms with Crippen LogP contribution in [0.4, 0.5) is 10.5 Å². The second-order valence-electron chi connectivity index (χ2n) is 6.88. The number of phenolic OH excluding ortho intramolecular Hbond substituents is 1. The van der Waals surface area contributed by atoms with E-state index in [1.165, 1.54) is 24.8 Å². The molecule has 0 unspecified atom stereocenters. The van der Waals surface area contributed by atoms with Crippen LogP contribution in [-0.4, -0.2) is 22.1 Å². The van der Waals surface area contributed by atoms with E-state index in [0.717, 1.165) is 24.1 Å². The molecule has 2 aromatic carbocycles. The highest BCUT2D eigenvalue weighted by molar-refractivity contribution is 5.89. The Morgan fingerprint density at radius 2 is 1.68 bits per heavy atom. The third kappa shape index (κ3) is 4.75. The first kappa shape index (κ1) is 17.3. The van der Waals surface area contributed by atoms with Crippen molar-refractivity contribution in [2.75, 3.05) is 5.32 Å². The maximum absolute atomic E-state index is 12.9. The van der Waals surface area contributed by atoms with Gasteiger partial charge >= 0.3 is 6.03 Å². The van der Waals surface area contributed by atoms with Crippen LogP contribution in [0.3, 0.4) is 0 Å². The number of hydrogen-bond acceptors (Lipinski definition) is 2. The fourth-order valence-corrected chi connectivity index (χ4v) is 3.39. The molecule has 1 saturated carbocycles. The van der Waals surface area contributed by atoms with Crippen LogP contribution in [0.5, 0.6) is 5.75 Å². The van der Waals surface area contributed by atoms with Crippen molar-refractivity contribution < 1.29 is 9.90 Å². The van der Waals surface area contributed by atoms with Gasteiger partial charge in [0.05, 0.1) is 0 Å². The lowest BCUT2D eigenvalue weighted by molar-refractivity contribution is 0.163. The summed E-state index contributed by atoms with van der Waals surface area (Å²) in [5, 5.41) is 12.5. The van der Waals surface area contributed by atoms with Crippen molar-refractivity contribution in [3.05, 3.63) is 59.7 Å². The molecule has 0 aromatic heterocycles. The van der Waals surface area contributed by atoms with E-state index in [9.17, 15) is 9.90 Å². The number of amides is 2. The number of anilines is 1. The first-order chi connectivity index (χ1) is 12.1. The van der Waals surface area contributed by atoms with E-state index in [4.69, 9.17) is 0 Å². The number of nitrogens with zero attached hydrogens (tertiary/aromatic N) is 1. The third-order valence-electron chi connectivity index (χ3n) is 4.87. The van der Waals surface area contributed by atoms with Gasteiger partial charge in [0.1, 0.15) is 5.75 Å².